The predicted molar refractivity (Wildman–Crippen MR) is 79.4 cm³/mol. The Hall–Kier alpha value is -0.990. The summed E-state index contributed by atoms with van der Waals surface area (Å²) in [5.74, 6) is 0.711. The van der Waals surface area contributed by atoms with Crippen LogP contribution in [0.3, 0.4) is 0 Å². The van der Waals surface area contributed by atoms with Gasteiger partial charge in [0.25, 0.3) is 0 Å². The van der Waals surface area contributed by atoms with Crippen LogP contribution in [0, 0.1) is 0 Å². The molecule has 122 valence electrons. The van der Waals surface area contributed by atoms with Gasteiger partial charge in [-0.2, -0.15) is 4.98 Å². The minimum atomic E-state index is -3.06. The summed E-state index contributed by atoms with van der Waals surface area (Å²) in [6.07, 6.45) is 2.86. The van der Waals surface area contributed by atoms with E-state index in [1.165, 1.54) is 6.26 Å². The van der Waals surface area contributed by atoms with Crippen molar-refractivity contribution in [2.24, 2.45) is 5.73 Å². The summed E-state index contributed by atoms with van der Waals surface area (Å²) in [7, 11) is -3.06. The molecule has 0 bridgehead atoms. The first-order valence-electron chi connectivity index (χ1n) is 7.19. The summed E-state index contributed by atoms with van der Waals surface area (Å²) in [5.41, 5.74) is 5.34. The Kier molecular flexibility index (Phi) is 6.30. The molecule has 0 radical (unpaired) electrons. The molecular formula is C13H25N3O4S. The second kappa shape index (κ2) is 7.33. The summed E-state index contributed by atoms with van der Waals surface area (Å²) in [4.78, 5) is 4.32. The second-order valence-electron chi connectivity index (χ2n) is 5.12. The van der Waals surface area contributed by atoms with Crippen molar-refractivity contribution < 1.29 is 17.7 Å². The second-order valence-corrected chi connectivity index (χ2v) is 7.38. The summed E-state index contributed by atoms with van der Waals surface area (Å²) in [5, 5.41) is 3.97. The summed E-state index contributed by atoms with van der Waals surface area (Å²) >= 11 is 0. The molecule has 1 aromatic heterocycles. The third-order valence-electron chi connectivity index (χ3n) is 3.53. The molecule has 0 aliphatic heterocycles. The highest BCUT2D eigenvalue weighted by atomic mass is 32.2. The van der Waals surface area contributed by atoms with Gasteiger partial charge in [0.15, 0.2) is 0 Å². The predicted octanol–water partition coefficient (Wildman–Crippen LogP) is 1.56. The maximum Gasteiger partial charge on any atom is 0.243 e. The molecule has 21 heavy (non-hydrogen) atoms. The van der Waals surface area contributed by atoms with Gasteiger partial charge in [0.2, 0.25) is 11.7 Å². The van der Waals surface area contributed by atoms with Crippen LogP contribution in [0.15, 0.2) is 4.52 Å². The van der Waals surface area contributed by atoms with Gasteiger partial charge >= 0.3 is 0 Å². The number of ether oxygens (including phenoxy) is 1. The lowest BCUT2D eigenvalue weighted by Gasteiger charge is -2.27. The van der Waals surface area contributed by atoms with E-state index in [-0.39, 0.29) is 18.1 Å². The van der Waals surface area contributed by atoms with Crippen LogP contribution in [0.5, 0.6) is 0 Å². The Balaban J connectivity index is 2.88. The molecule has 1 aromatic rings. The number of sulfone groups is 1. The van der Waals surface area contributed by atoms with Crippen molar-refractivity contribution in [1.29, 1.82) is 0 Å². The van der Waals surface area contributed by atoms with Gasteiger partial charge in [-0.25, -0.2) is 8.42 Å². The lowest BCUT2D eigenvalue weighted by atomic mass is 9.96. The largest absolute Gasteiger partial charge is 0.367 e. The molecule has 1 rings (SSSR count). The Labute approximate surface area is 126 Å². The van der Waals surface area contributed by atoms with E-state index in [1.54, 1.807) is 0 Å². The Bertz CT molecular complexity index is 537. The van der Waals surface area contributed by atoms with E-state index in [2.05, 4.69) is 10.1 Å². The van der Waals surface area contributed by atoms with Gasteiger partial charge in [-0.05, 0) is 26.2 Å². The molecule has 0 aliphatic carbocycles. The average Bonchev–Trinajstić information content (AvgIpc) is 2.91. The zero-order chi connectivity index (χ0) is 16.1. The van der Waals surface area contributed by atoms with E-state index in [4.69, 9.17) is 15.0 Å². The lowest BCUT2D eigenvalue weighted by Crippen LogP contribution is -2.30. The van der Waals surface area contributed by atoms with E-state index in [9.17, 15) is 8.42 Å². The van der Waals surface area contributed by atoms with Crippen molar-refractivity contribution in [2.45, 2.75) is 51.7 Å². The molecule has 7 nitrogen and oxygen atoms in total. The third-order valence-corrected chi connectivity index (χ3v) is 4.51. The molecule has 8 heteroatoms. The van der Waals surface area contributed by atoms with Crippen LogP contribution in [0.2, 0.25) is 0 Å². The third kappa shape index (κ3) is 4.76. The van der Waals surface area contributed by atoms with Crippen LogP contribution < -0.4 is 5.73 Å². The van der Waals surface area contributed by atoms with Crippen LogP contribution in [-0.2, 0) is 20.2 Å². The number of nitrogens with zero attached hydrogens (tertiary/aromatic N) is 2. The fourth-order valence-corrected chi connectivity index (χ4v) is 2.83. The number of rotatable bonds is 9. The molecule has 1 heterocycles. The fraction of sp³-hybridized carbons (Fsp3) is 0.846. The SMILES string of the molecule is CCOC(CC)(CC)c1noc(C(N)CCS(C)(=O)=O)n1. The molecule has 0 aromatic carbocycles. The summed E-state index contributed by atoms with van der Waals surface area (Å²) in [6, 6.07) is -0.589. The Morgan fingerprint density at radius 2 is 1.95 bits per heavy atom. The van der Waals surface area contributed by atoms with Crippen LogP contribution in [-0.4, -0.2) is 37.2 Å². The highest BCUT2D eigenvalue weighted by Gasteiger charge is 2.35. The van der Waals surface area contributed by atoms with Gasteiger partial charge in [-0.15, -0.1) is 0 Å². The van der Waals surface area contributed by atoms with Crippen LogP contribution in [0.4, 0.5) is 0 Å². The first kappa shape index (κ1) is 18.1. The minimum Gasteiger partial charge on any atom is -0.367 e. The van der Waals surface area contributed by atoms with Crippen LogP contribution in [0.25, 0.3) is 0 Å². The van der Waals surface area contributed by atoms with Gasteiger partial charge in [0.05, 0.1) is 11.8 Å². The molecule has 1 unspecified atom stereocenters. The van der Waals surface area contributed by atoms with E-state index in [0.717, 1.165) is 12.8 Å². The van der Waals surface area contributed by atoms with Crippen molar-refractivity contribution in [3.63, 3.8) is 0 Å². The molecule has 0 saturated carbocycles. The maximum absolute atomic E-state index is 11.2. The van der Waals surface area contributed by atoms with E-state index in [0.29, 0.717) is 12.4 Å². The zero-order valence-corrected chi connectivity index (χ0v) is 13.9. The monoisotopic (exact) mass is 319 g/mol. The number of hydrogen-bond acceptors (Lipinski definition) is 7. The molecule has 0 aliphatic rings. The highest BCUT2D eigenvalue weighted by molar-refractivity contribution is 7.90. The molecule has 0 fully saturated rings. The number of nitrogens with two attached hydrogens (primary N) is 1. The molecule has 1 atom stereocenters. The van der Waals surface area contributed by atoms with Gasteiger partial charge < -0.3 is 15.0 Å². The minimum absolute atomic E-state index is 0.00988. The molecule has 0 amide bonds. The fourth-order valence-electron chi connectivity index (χ4n) is 2.15. The molecular weight excluding hydrogens is 294 g/mol. The quantitative estimate of drug-likeness (QED) is 0.735. The highest BCUT2D eigenvalue weighted by Crippen LogP contribution is 2.31. The first-order chi connectivity index (χ1) is 9.78. The van der Waals surface area contributed by atoms with Crippen molar-refractivity contribution >= 4 is 9.84 Å². The molecule has 2 N–H and O–H groups in total. The maximum atomic E-state index is 11.2. The summed E-state index contributed by atoms with van der Waals surface area (Å²) < 4.78 is 33.3. The molecule has 0 spiro atoms. The number of hydrogen-bond donors (Lipinski definition) is 1. The standard InChI is InChI=1S/C13H25N3O4S/c1-5-13(6-2,19-7-3)12-15-11(20-16-12)10(14)8-9-21(4,17)18/h10H,5-9,14H2,1-4H3. The van der Waals surface area contributed by atoms with E-state index >= 15 is 0 Å². The molecule has 0 saturated heterocycles. The first-order valence-corrected chi connectivity index (χ1v) is 9.25. The zero-order valence-electron chi connectivity index (χ0n) is 13.1. The Morgan fingerprint density at radius 3 is 2.43 bits per heavy atom. The Morgan fingerprint density at radius 1 is 1.33 bits per heavy atom. The van der Waals surface area contributed by atoms with E-state index < -0.39 is 21.5 Å². The van der Waals surface area contributed by atoms with Crippen molar-refractivity contribution in [3.05, 3.63) is 11.7 Å². The normalized spacial score (nSPS) is 14.3. The van der Waals surface area contributed by atoms with Gasteiger partial charge in [0.1, 0.15) is 15.4 Å². The number of aromatic nitrogens is 2. The lowest BCUT2D eigenvalue weighted by molar-refractivity contribution is -0.0583. The van der Waals surface area contributed by atoms with Crippen LogP contribution >= 0.6 is 0 Å². The van der Waals surface area contributed by atoms with Gasteiger partial charge in [-0.3, -0.25) is 0 Å². The van der Waals surface area contributed by atoms with Crippen molar-refractivity contribution in [1.82, 2.24) is 10.1 Å². The van der Waals surface area contributed by atoms with Gasteiger partial charge in [-0.1, -0.05) is 19.0 Å². The van der Waals surface area contributed by atoms with E-state index in [1.807, 2.05) is 20.8 Å². The van der Waals surface area contributed by atoms with Gasteiger partial charge in [0, 0.05) is 12.9 Å². The summed E-state index contributed by atoms with van der Waals surface area (Å²) in [6.45, 7) is 6.46. The van der Waals surface area contributed by atoms with Crippen molar-refractivity contribution in [3.8, 4) is 0 Å². The van der Waals surface area contributed by atoms with Crippen molar-refractivity contribution in [2.75, 3.05) is 18.6 Å². The van der Waals surface area contributed by atoms with Crippen LogP contribution in [0.1, 0.15) is 57.8 Å². The average molecular weight is 319 g/mol. The smallest absolute Gasteiger partial charge is 0.243 e. The topological polar surface area (TPSA) is 108 Å².